The fraction of sp³-hybridized carbons (Fsp3) is 0.659. The van der Waals surface area contributed by atoms with Crippen LogP contribution in [0.15, 0.2) is 24.3 Å². The second kappa shape index (κ2) is 21.7. The van der Waals surface area contributed by atoms with Gasteiger partial charge in [-0.15, -0.1) is 0 Å². The summed E-state index contributed by atoms with van der Waals surface area (Å²) < 4.78 is 31.7. The molecule has 2 fully saturated rings. The topological polar surface area (TPSA) is 174 Å². The number of carboxylic acid groups (broad SMARTS) is 1. The largest absolute Gasteiger partial charge is 0.490 e. The van der Waals surface area contributed by atoms with Gasteiger partial charge >= 0.3 is 12.1 Å². The summed E-state index contributed by atoms with van der Waals surface area (Å²) >= 11 is 6.54. The van der Waals surface area contributed by atoms with Gasteiger partial charge in [-0.25, -0.2) is 4.79 Å². The third-order valence-corrected chi connectivity index (χ3v) is 11.3. The first kappa shape index (κ1) is 48.2. The van der Waals surface area contributed by atoms with Gasteiger partial charge < -0.3 is 35.8 Å². The summed E-state index contributed by atoms with van der Waals surface area (Å²) in [6, 6.07) is 2.46. The van der Waals surface area contributed by atoms with Gasteiger partial charge in [0.15, 0.2) is 0 Å². The minimum atomic E-state index is -5.08. The van der Waals surface area contributed by atoms with Gasteiger partial charge in [0.1, 0.15) is 18.1 Å². The molecule has 2 aliphatic heterocycles. The zero-order valence-corrected chi connectivity index (χ0v) is 35.2. The van der Waals surface area contributed by atoms with Crippen LogP contribution in [0.25, 0.3) is 5.57 Å². The lowest BCUT2D eigenvalue weighted by Gasteiger charge is -2.36. The smallest absolute Gasteiger partial charge is 0.475 e. The Hall–Kier alpha value is -4.18. The number of alkyl halides is 3. The first-order chi connectivity index (χ1) is 27.1. The number of aliphatic carboxylic acids is 1. The molecule has 5 amide bonds. The number of benzene rings is 1. The van der Waals surface area contributed by atoms with Crippen LogP contribution in [0, 0.1) is 11.8 Å². The van der Waals surface area contributed by atoms with Crippen LogP contribution in [0.4, 0.5) is 13.2 Å². The molecule has 13 nitrogen and oxygen atoms in total. The molecule has 0 aromatic heterocycles. The average molecular weight is 841 g/mol. The van der Waals surface area contributed by atoms with Gasteiger partial charge in [-0.1, -0.05) is 63.3 Å². The first-order valence-corrected chi connectivity index (χ1v) is 20.4. The SMILES string of the molecule is CC(=O)N1CC=C(c2ccc(Cl)cc2C[C@H]2C(=O)N(C)CCCCCCC[C@H](N(C)C(=O)[C@@H](N)C3CC3)C(=O)N[C@@H](CC(C)C)C(=O)N2C)CC1.O=C(O)C(F)(F)F. The van der Waals surface area contributed by atoms with Crippen molar-refractivity contribution in [1.29, 1.82) is 0 Å². The Kier molecular flexibility index (Phi) is 18.0. The summed E-state index contributed by atoms with van der Waals surface area (Å²) in [5.74, 6) is -3.70. The lowest BCUT2D eigenvalue weighted by molar-refractivity contribution is -0.192. The molecule has 1 aromatic carbocycles. The van der Waals surface area contributed by atoms with Gasteiger partial charge in [0.25, 0.3) is 0 Å². The maximum absolute atomic E-state index is 14.5. The van der Waals surface area contributed by atoms with Gasteiger partial charge in [0.2, 0.25) is 29.5 Å². The molecule has 1 aromatic rings. The quantitative estimate of drug-likeness (QED) is 0.332. The van der Waals surface area contributed by atoms with Crippen LogP contribution in [-0.2, 0) is 35.2 Å². The van der Waals surface area contributed by atoms with Crippen molar-refractivity contribution in [3.63, 3.8) is 0 Å². The number of halogens is 4. The monoisotopic (exact) mass is 840 g/mol. The zero-order chi connectivity index (χ0) is 43.5. The van der Waals surface area contributed by atoms with E-state index < -0.39 is 36.3 Å². The number of carbonyl (C=O) groups is 6. The Morgan fingerprint density at radius 3 is 2.17 bits per heavy atom. The van der Waals surface area contributed by atoms with E-state index >= 15 is 0 Å². The van der Waals surface area contributed by atoms with Crippen LogP contribution in [-0.4, -0.2) is 131 Å². The van der Waals surface area contributed by atoms with Crippen LogP contribution >= 0.6 is 11.6 Å². The second-order valence-corrected chi connectivity index (χ2v) is 16.5. The van der Waals surface area contributed by atoms with Gasteiger partial charge in [-0.05, 0) is 79.2 Å². The molecule has 324 valence electrons. The molecule has 4 atom stereocenters. The van der Waals surface area contributed by atoms with Crippen molar-refractivity contribution in [2.75, 3.05) is 40.8 Å². The van der Waals surface area contributed by atoms with Crippen molar-refractivity contribution in [3.05, 3.63) is 40.4 Å². The predicted molar refractivity (Wildman–Crippen MR) is 214 cm³/mol. The summed E-state index contributed by atoms with van der Waals surface area (Å²) in [6.45, 7) is 7.19. The van der Waals surface area contributed by atoms with E-state index in [1.54, 1.807) is 37.9 Å². The third-order valence-electron chi connectivity index (χ3n) is 11.0. The molecule has 1 aliphatic carbocycles. The van der Waals surface area contributed by atoms with E-state index in [2.05, 4.69) is 5.32 Å². The Bertz CT molecular complexity index is 1670. The number of rotatable bonds is 8. The number of nitrogens with one attached hydrogen (secondary N) is 1. The molecule has 1 saturated heterocycles. The van der Waals surface area contributed by atoms with Crippen LogP contribution in [0.2, 0.25) is 5.02 Å². The van der Waals surface area contributed by atoms with E-state index in [4.69, 9.17) is 27.2 Å². The lowest BCUT2D eigenvalue weighted by atomic mass is 9.90. The van der Waals surface area contributed by atoms with E-state index in [0.717, 1.165) is 61.6 Å². The van der Waals surface area contributed by atoms with Crippen LogP contribution in [0.5, 0.6) is 0 Å². The Morgan fingerprint density at radius 1 is 1.00 bits per heavy atom. The Labute approximate surface area is 344 Å². The van der Waals surface area contributed by atoms with Crippen LogP contribution < -0.4 is 11.1 Å². The normalized spacial score (nSPS) is 22.4. The highest BCUT2D eigenvalue weighted by molar-refractivity contribution is 6.30. The second-order valence-electron chi connectivity index (χ2n) is 16.1. The lowest BCUT2D eigenvalue weighted by Crippen LogP contribution is -2.59. The summed E-state index contributed by atoms with van der Waals surface area (Å²) in [6.07, 6.45) is 4.80. The molecule has 0 spiro atoms. The van der Waals surface area contributed by atoms with Gasteiger partial charge in [0, 0.05) is 59.1 Å². The molecule has 0 bridgehead atoms. The number of hydrogen-bond acceptors (Lipinski definition) is 7. The fourth-order valence-electron chi connectivity index (χ4n) is 7.33. The molecule has 1 saturated carbocycles. The summed E-state index contributed by atoms with van der Waals surface area (Å²) in [4.78, 5) is 83.6. The van der Waals surface area contributed by atoms with Crippen molar-refractivity contribution < 1.29 is 47.0 Å². The zero-order valence-electron chi connectivity index (χ0n) is 34.4. The fourth-order valence-corrected chi connectivity index (χ4v) is 7.53. The van der Waals surface area contributed by atoms with E-state index in [9.17, 15) is 37.1 Å². The molecule has 4 rings (SSSR count). The molecular formula is C41H60ClF3N6O7. The Morgan fingerprint density at radius 2 is 1.62 bits per heavy atom. The highest BCUT2D eigenvalue weighted by Gasteiger charge is 2.40. The van der Waals surface area contributed by atoms with Crippen molar-refractivity contribution in [1.82, 2.24) is 24.9 Å². The third kappa shape index (κ3) is 14.0. The molecule has 2 heterocycles. The van der Waals surface area contributed by atoms with Gasteiger partial charge in [-0.2, -0.15) is 13.2 Å². The van der Waals surface area contributed by atoms with Gasteiger partial charge in [0.05, 0.1) is 6.04 Å². The van der Waals surface area contributed by atoms with Crippen molar-refractivity contribution >= 4 is 52.7 Å². The number of hydrogen-bond donors (Lipinski definition) is 3. The molecule has 17 heteroatoms. The van der Waals surface area contributed by atoms with E-state index in [-0.39, 0.29) is 47.8 Å². The number of carboxylic acids is 1. The predicted octanol–water partition coefficient (Wildman–Crippen LogP) is 4.89. The van der Waals surface area contributed by atoms with E-state index in [1.807, 2.05) is 38.1 Å². The number of nitrogens with two attached hydrogens (primary N) is 1. The van der Waals surface area contributed by atoms with E-state index in [0.29, 0.717) is 43.9 Å². The minimum absolute atomic E-state index is 0.0240. The maximum atomic E-state index is 14.5. The number of amides is 5. The summed E-state index contributed by atoms with van der Waals surface area (Å²) in [7, 11) is 5.07. The molecule has 58 heavy (non-hydrogen) atoms. The average Bonchev–Trinajstić information content (AvgIpc) is 4.01. The van der Waals surface area contributed by atoms with Crippen molar-refractivity contribution in [3.8, 4) is 0 Å². The van der Waals surface area contributed by atoms with Crippen molar-refractivity contribution in [2.24, 2.45) is 17.6 Å². The standard InChI is InChI=1S/C39H59ClN6O5.C2HF3O2/c1-25(2)22-32-37(49)45(6)34(24-29-23-30(40)15-16-31(29)27-17-20-46(21-18-27)26(3)47)38(50)43(4)19-11-9-7-8-10-12-33(36(48)42-32)44(5)39(51)35(41)28-13-14-28;3-2(4,5)1(6)7/h15-17,23,25,28,32-35H,7-14,18-22,24,41H2,1-6H3,(H,42,48);(H,6,7)/t32-,33-,34-,35-;/m0./s1. The Balaban J connectivity index is 0.00000117. The van der Waals surface area contributed by atoms with Gasteiger partial charge in [-0.3, -0.25) is 24.0 Å². The first-order valence-electron chi connectivity index (χ1n) is 20.0. The molecular weight excluding hydrogens is 781 g/mol. The number of likely N-dealkylation sites (N-methyl/N-ethyl adjacent to an activating group) is 3. The molecule has 0 unspecified atom stereocenters. The highest BCUT2D eigenvalue weighted by atomic mass is 35.5. The van der Waals surface area contributed by atoms with E-state index in [1.165, 1.54) is 9.80 Å². The molecule has 0 radical (unpaired) electrons. The number of carbonyl (C=O) groups excluding carboxylic acids is 5. The molecule has 4 N–H and O–H groups in total. The maximum Gasteiger partial charge on any atom is 0.490 e. The van der Waals surface area contributed by atoms with Crippen LogP contribution in [0.1, 0.15) is 96.1 Å². The highest BCUT2D eigenvalue weighted by Crippen LogP contribution is 2.33. The molecule has 3 aliphatic rings. The van der Waals surface area contributed by atoms with Crippen molar-refractivity contribution in [2.45, 2.75) is 122 Å². The minimum Gasteiger partial charge on any atom is -0.475 e. The summed E-state index contributed by atoms with van der Waals surface area (Å²) in [5.41, 5.74) is 9.14. The number of nitrogens with zero attached hydrogens (tertiary/aromatic N) is 4. The summed E-state index contributed by atoms with van der Waals surface area (Å²) in [5, 5.41) is 10.7. The van der Waals surface area contributed by atoms with Crippen LogP contribution in [0.3, 0.4) is 0 Å².